The number of Topliss-reactive ketones (excluding diaryl/α,β-unsaturated/α-hetero) is 2. The van der Waals surface area contributed by atoms with Gasteiger partial charge in [-0.25, -0.2) is 0 Å². The molecule has 0 radical (unpaired) electrons. The van der Waals surface area contributed by atoms with Gasteiger partial charge in [0.1, 0.15) is 11.2 Å². The summed E-state index contributed by atoms with van der Waals surface area (Å²) >= 11 is 0. The van der Waals surface area contributed by atoms with E-state index in [1.54, 1.807) is 12.1 Å². The SMILES string of the molecule is CCNC[C@H]1[C@@H]2c3[nH]ccc3[C@H]3CC(=O)C[C@H]4NC[C@@H]([C@@H](CCC5(O)CCCC5)[C@@H]1[C@H]1CC[C@@]5(C#C[C@H](C[C@H](O)[C@H](O)C[C@@H](C6=C(CC)CNC(N)=C6)c6ccc7ccccc7c6)c6cc(O)c(OC)cc6CCC5=O)[C@H](O)C1)[C@H]2[C@@H]34. The number of aryl methyl sites for hydroxylation is 1. The van der Waals surface area contributed by atoms with Crippen molar-refractivity contribution in [3.8, 4) is 23.3 Å². The number of hydrogen-bond donors (Lipinski definition) is 10. The zero-order chi connectivity index (χ0) is 56.3. The molecule has 3 heterocycles. The number of hydrogen-bond acceptors (Lipinski definition) is 12. The average molecular weight is 1100 g/mol. The molecular weight excluding hydrogens is 1010 g/mol. The highest BCUT2D eigenvalue weighted by Crippen LogP contribution is 2.66. The number of ether oxygens (including phenoxy) is 1. The highest BCUT2D eigenvalue weighted by atomic mass is 16.5. The lowest BCUT2D eigenvalue weighted by Crippen LogP contribution is -2.65. The minimum Gasteiger partial charge on any atom is -0.504 e. The van der Waals surface area contributed by atoms with E-state index in [9.17, 15) is 30.3 Å². The molecule has 5 fully saturated rings. The highest BCUT2D eigenvalue weighted by molar-refractivity contribution is 5.89. The molecular formula is C68H87N5O8. The van der Waals surface area contributed by atoms with E-state index >= 15 is 4.79 Å². The smallest absolute Gasteiger partial charge is 0.160 e. The van der Waals surface area contributed by atoms with Crippen molar-refractivity contribution in [3.05, 3.63) is 118 Å². The molecule has 8 aliphatic rings. The number of ketones is 2. The van der Waals surface area contributed by atoms with Crippen LogP contribution in [0.4, 0.5) is 0 Å². The van der Waals surface area contributed by atoms with Gasteiger partial charge >= 0.3 is 0 Å². The Morgan fingerprint density at radius 2 is 1.74 bits per heavy atom. The molecule has 4 aromatic rings. The van der Waals surface area contributed by atoms with Gasteiger partial charge in [0.15, 0.2) is 17.3 Å². The summed E-state index contributed by atoms with van der Waals surface area (Å²) in [5.74, 6) is 9.08. The van der Waals surface area contributed by atoms with Crippen molar-refractivity contribution in [1.29, 1.82) is 0 Å². The molecule has 1 spiro atoms. The fourth-order valence-electron chi connectivity index (χ4n) is 18.1. The van der Waals surface area contributed by atoms with Gasteiger partial charge in [0, 0.05) is 61.5 Å². The predicted molar refractivity (Wildman–Crippen MR) is 314 cm³/mol. The molecule has 81 heavy (non-hydrogen) atoms. The number of dihydropyridines is 1. The molecule has 432 valence electrons. The van der Waals surface area contributed by atoms with Gasteiger partial charge in [-0.1, -0.05) is 81.0 Å². The number of aromatic nitrogens is 1. The average Bonchev–Trinajstić information content (AvgIpc) is 4.33. The normalized spacial score (nSPS) is 33.3. The number of methoxy groups -OCH3 is 1. The third kappa shape index (κ3) is 10.4. The number of rotatable bonds is 16. The Hall–Kier alpha value is -5.46. The van der Waals surface area contributed by atoms with Crippen LogP contribution in [0, 0.1) is 58.7 Å². The summed E-state index contributed by atoms with van der Waals surface area (Å²) in [6.45, 7) is 7.33. The van der Waals surface area contributed by atoms with E-state index in [4.69, 9.17) is 10.5 Å². The zero-order valence-corrected chi connectivity index (χ0v) is 47.8. The number of fused-ring (bicyclic) bond motifs is 5. The number of allylic oxidation sites excluding steroid dienone is 2. The van der Waals surface area contributed by atoms with Crippen LogP contribution in [-0.4, -0.2) is 105 Å². The molecule has 0 bridgehead atoms. The lowest BCUT2D eigenvalue weighted by atomic mass is 9.43. The summed E-state index contributed by atoms with van der Waals surface area (Å²) in [5, 5.41) is 74.5. The number of nitrogens with two attached hydrogens (primary N) is 1. The van der Waals surface area contributed by atoms with Crippen molar-refractivity contribution in [2.45, 2.75) is 170 Å². The predicted octanol–water partition coefficient (Wildman–Crippen LogP) is 8.65. The lowest BCUT2D eigenvalue weighted by molar-refractivity contribution is -0.141. The fourth-order valence-corrected chi connectivity index (χ4v) is 18.1. The summed E-state index contributed by atoms with van der Waals surface area (Å²) in [4.78, 5) is 32.4. The summed E-state index contributed by atoms with van der Waals surface area (Å²) in [7, 11) is 1.50. The van der Waals surface area contributed by atoms with Gasteiger partial charge in [-0.2, -0.15) is 0 Å². The quantitative estimate of drug-likeness (QED) is 0.0477. The molecule has 0 unspecified atom stereocenters. The Labute approximate surface area is 478 Å². The molecule has 1 saturated heterocycles. The van der Waals surface area contributed by atoms with E-state index < -0.39 is 35.2 Å². The van der Waals surface area contributed by atoms with Crippen molar-refractivity contribution < 1.29 is 39.9 Å². The summed E-state index contributed by atoms with van der Waals surface area (Å²) in [5.41, 5.74) is 11.6. The Bertz CT molecular complexity index is 3130. The van der Waals surface area contributed by atoms with Crippen molar-refractivity contribution >= 4 is 22.3 Å². The molecule has 13 nitrogen and oxygen atoms in total. The molecule has 3 aromatic carbocycles. The molecule has 13 heteroatoms. The van der Waals surface area contributed by atoms with Gasteiger partial charge in [0.25, 0.3) is 0 Å². The third-order valence-corrected chi connectivity index (χ3v) is 22.0. The number of aromatic amines is 1. The van der Waals surface area contributed by atoms with E-state index in [1.165, 1.54) is 23.9 Å². The topological polar surface area (TPSA) is 222 Å². The number of carbonyl (C=O) groups is 2. The number of aromatic hydroxyl groups is 1. The van der Waals surface area contributed by atoms with E-state index in [-0.39, 0.29) is 84.0 Å². The first-order valence-electron chi connectivity index (χ1n) is 31.0. The van der Waals surface area contributed by atoms with Crippen LogP contribution in [0.15, 0.2) is 89.9 Å². The minimum atomic E-state index is -1.38. The van der Waals surface area contributed by atoms with Crippen molar-refractivity contribution in [2.24, 2.45) is 52.6 Å². The van der Waals surface area contributed by atoms with Gasteiger partial charge in [0.2, 0.25) is 0 Å². The second-order valence-corrected chi connectivity index (χ2v) is 26.1. The second kappa shape index (κ2) is 22.9. The van der Waals surface area contributed by atoms with E-state index in [1.807, 2.05) is 18.2 Å². The van der Waals surface area contributed by atoms with Gasteiger partial charge < -0.3 is 56.9 Å². The van der Waals surface area contributed by atoms with Crippen molar-refractivity contribution in [2.75, 3.05) is 33.3 Å². The van der Waals surface area contributed by atoms with Crippen LogP contribution in [0.3, 0.4) is 0 Å². The molecule has 6 aliphatic carbocycles. The zero-order valence-electron chi connectivity index (χ0n) is 47.8. The van der Waals surface area contributed by atoms with Crippen LogP contribution in [0.1, 0.15) is 162 Å². The number of aliphatic hydroxyl groups is 4. The number of benzene rings is 3. The Kier molecular flexibility index (Phi) is 15.9. The van der Waals surface area contributed by atoms with Crippen molar-refractivity contribution in [3.63, 3.8) is 0 Å². The molecule has 0 amide bonds. The molecule has 12 rings (SSSR count). The first-order chi connectivity index (χ1) is 39.2. The number of phenolic OH excluding ortho intramolecular Hbond substituents is 1. The van der Waals surface area contributed by atoms with Crippen molar-refractivity contribution in [1.82, 2.24) is 20.9 Å². The van der Waals surface area contributed by atoms with Gasteiger partial charge in [0.05, 0.1) is 36.8 Å². The van der Waals surface area contributed by atoms with Gasteiger partial charge in [-0.3, -0.25) is 9.59 Å². The maximum atomic E-state index is 15.2. The first kappa shape index (κ1) is 56.0. The maximum Gasteiger partial charge on any atom is 0.160 e. The van der Waals surface area contributed by atoms with Crippen LogP contribution in [-0.2, 0) is 16.0 Å². The number of H-pyrrole nitrogens is 1. The van der Waals surface area contributed by atoms with E-state index in [0.29, 0.717) is 80.0 Å². The molecule has 11 N–H and O–H groups in total. The number of nitrogens with one attached hydrogen (secondary N) is 4. The summed E-state index contributed by atoms with van der Waals surface area (Å²) < 4.78 is 5.62. The molecule has 16 atom stereocenters. The lowest BCUT2D eigenvalue weighted by Gasteiger charge is -2.64. The molecule has 1 aromatic heterocycles. The number of phenols is 1. The number of carbonyl (C=O) groups excluding carboxylic acids is 2. The van der Waals surface area contributed by atoms with Gasteiger partial charge in [-0.05, 0) is 206 Å². The van der Waals surface area contributed by atoms with Crippen LogP contribution >= 0.6 is 0 Å². The van der Waals surface area contributed by atoms with Crippen LogP contribution in [0.5, 0.6) is 11.5 Å². The Morgan fingerprint density at radius 1 is 0.926 bits per heavy atom. The number of aliphatic hydroxyl groups excluding tert-OH is 3. The molecule has 4 saturated carbocycles. The molecule has 2 aliphatic heterocycles. The standard InChI is InChI=1S/C68H87N5O8/c1-4-38-35-73-61(69)34-50(38)49(41-13-12-39-10-6-7-11-40(39)26-41)33-56(76)55(75)27-43-16-23-68(59(78)15-14-42-28-58(81-3)57(77)32-48(42)43)24-17-44(29-60(68)79)62-46(18-22-67(80)20-8-9-21-67)52-37-72-54-31-45(74)30-51-47-19-25-71-66(47)65(64(52)63(51)54)53(62)36-70-5-2/h6-7,10-13,19,25-26,28,32,34,43-44,46,49,51-56,60,62-65,70-73,75-77,79-80H,4-5,8-9,14-15,17-18,20-22,24,27,29-31,33,35-37,69H2,1-3H3/t43-,44+,46-,49-,51-,52+,53-,54-,55+,56-,60-,62+,63+,64+,65+,68-/m1/s1. The minimum absolute atomic E-state index is 0.0113. The third-order valence-electron chi connectivity index (χ3n) is 22.0. The largest absolute Gasteiger partial charge is 0.504 e. The van der Waals surface area contributed by atoms with Crippen LogP contribution < -0.4 is 26.4 Å². The summed E-state index contributed by atoms with van der Waals surface area (Å²) in [6.07, 6.45) is 9.95. The Morgan fingerprint density at radius 3 is 2.52 bits per heavy atom. The van der Waals surface area contributed by atoms with Crippen LogP contribution in [0.25, 0.3) is 10.8 Å². The highest BCUT2D eigenvalue weighted by Gasteiger charge is 2.63. The first-order valence-corrected chi connectivity index (χ1v) is 31.0. The van der Waals surface area contributed by atoms with E-state index in [0.717, 1.165) is 92.1 Å². The Balaban J connectivity index is 0.878. The monoisotopic (exact) mass is 1100 g/mol. The maximum absolute atomic E-state index is 15.2. The van der Waals surface area contributed by atoms with Crippen LogP contribution in [0.2, 0.25) is 0 Å². The number of piperidine rings is 1. The fraction of sp³-hybridized carbons (Fsp3) is 0.588. The summed E-state index contributed by atoms with van der Waals surface area (Å²) in [6, 6.07) is 20.4. The van der Waals surface area contributed by atoms with Gasteiger partial charge in [-0.15, -0.1) is 0 Å². The van der Waals surface area contributed by atoms with E-state index in [2.05, 4.69) is 89.2 Å². The second-order valence-electron chi connectivity index (χ2n) is 26.1.